The molecule has 0 spiro atoms. The van der Waals surface area contributed by atoms with Crippen molar-refractivity contribution in [2.75, 3.05) is 7.11 Å². The molecule has 0 saturated carbocycles. The highest BCUT2D eigenvalue weighted by Gasteiger charge is 2.41. The van der Waals surface area contributed by atoms with Crippen LogP contribution < -0.4 is 0 Å². The third-order valence-electron chi connectivity index (χ3n) is 5.90. The topological polar surface area (TPSA) is 77.2 Å². The normalized spacial score (nSPS) is 12.9. The van der Waals surface area contributed by atoms with Gasteiger partial charge in [-0.05, 0) is 68.5 Å². The highest BCUT2D eigenvalue weighted by atomic mass is 16.5. The summed E-state index contributed by atoms with van der Waals surface area (Å²) in [5.41, 5.74) is 5.82. The molecule has 3 rings (SSSR count). The van der Waals surface area contributed by atoms with Crippen LogP contribution in [-0.2, 0) is 22.7 Å². The first-order valence-electron chi connectivity index (χ1n) is 9.87. The molecule has 0 radical (unpaired) electrons. The number of carbonyl (C=O) groups excluding carboxylic acids is 1. The van der Waals surface area contributed by atoms with Crippen molar-refractivity contribution >= 4 is 17.0 Å². The van der Waals surface area contributed by atoms with Crippen molar-refractivity contribution in [2.24, 2.45) is 5.41 Å². The van der Waals surface area contributed by atoms with Crippen LogP contribution in [0.2, 0.25) is 0 Å². The van der Waals surface area contributed by atoms with E-state index in [1.165, 1.54) is 7.11 Å². The number of ether oxygens (including phenoxy) is 1. The molecule has 6 nitrogen and oxygen atoms in total. The van der Waals surface area contributed by atoms with Gasteiger partial charge in [-0.15, -0.1) is 5.10 Å². The number of aromatic nitrogens is 3. The third kappa shape index (κ3) is 3.53. The van der Waals surface area contributed by atoms with E-state index in [1.54, 1.807) is 0 Å². The largest absolute Gasteiger partial charge is 0.469 e. The number of aryl methyl sites for hydroxylation is 3. The smallest absolute Gasteiger partial charge is 0.312 e. The van der Waals surface area contributed by atoms with Gasteiger partial charge in [0.25, 0.3) is 0 Å². The van der Waals surface area contributed by atoms with E-state index in [0.717, 1.165) is 45.4 Å². The number of methoxy groups -OCH3 is 1. The maximum Gasteiger partial charge on any atom is 0.312 e. The highest BCUT2D eigenvalue weighted by Crippen LogP contribution is 2.44. The zero-order valence-electron chi connectivity index (χ0n) is 18.0. The Hall–Kier alpha value is -2.73. The Balaban J connectivity index is 2.28. The van der Waals surface area contributed by atoms with Gasteiger partial charge in [-0.3, -0.25) is 4.79 Å². The molecule has 29 heavy (non-hydrogen) atoms. The standard InChI is InChI=1S/C23H29N3O3/c1-7-26-19-11-10-18(15(3)21(19)24-25-26)20(23(4,5)22(28)29-6)16-9-8-14(2)17(12-16)13-27/h8-12,20,27H,7,13H2,1-6H3. The summed E-state index contributed by atoms with van der Waals surface area (Å²) in [6.07, 6.45) is 0. The minimum absolute atomic E-state index is 0.0477. The summed E-state index contributed by atoms with van der Waals surface area (Å²) >= 11 is 0. The highest BCUT2D eigenvalue weighted by molar-refractivity contribution is 5.82. The average Bonchev–Trinajstić information content (AvgIpc) is 3.14. The maximum absolute atomic E-state index is 12.8. The van der Waals surface area contributed by atoms with Gasteiger partial charge in [-0.1, -0.05) is 29.5 Å². The second kappa shape index (κ2) is 7.95. The summed E-state index contributed by atoms with van der Waals surface area (Å²) in [5.74, 6) is -0.553. The summed E-state index contributed by atoms with van der Waals surface area (Å²) in [7, 11) is 1.42. The number of hydrogen-bond donors (Lipinski definition) is 1. The minimum Gasteiger partial charge on any atom is -0.469 e. The van der Waals surface area contributed by atoms with Crippen LogP contribution in [0, 0.1) is 19.3 Å². The molecule has 2 aromatic carbocycles. The molecule has 1 N–H and O–H groups in total. The van der Waals surface area contributed by atoms with Crippen LogP contribution in [0.1, 0.15) is 54.5 Å². The van der Waals surface area contributed by atoms with E-state index in [2.05, 4.69) is 16.4 Å². The molecule has 0 aliphatic rings. The molecule has 154 valence electrons. The molecule has 3 aromatic rings. The van der Waals surface area contributed by atoms with Crippen LogP contribution in [0.15, 0.2) is 30.3 Å². The summed E-state index contributed by atoms with van der Waals surface area (Å²) in [6.45, 7) is 10.5. The molecule has 0 saturated heterocycles. The SMILES string of the molecule is CCn1nnc2c(C)c(C(c3ccc(C)c(CO)c3)C(C)(C)C(=O)OC)ccc21. The number of aliphatic hydroxyl groups excluding tert-OH is 1. The Morgan fingerprint density at radius 2 is 1.97 bits per heavy atom. The van der Waals surface area contributed by atoms with Crippen molar-refractivity contribution in [3.05, 3.63) is 58.1 Å². The predicted molar refractivity (Wildman–Crippen MR) is 113 cm³/mol. The van der Waals surface area contributed by atoms with Crippen LogP contribution in [0.5, 0.6) is 0 Å². The Morgan fingerprint density at radius 1 is 1.24 bits per heavy atom. The quantitative estimate of drug-likeness (QED) is 0.641. The molecule has 1 heterocycles. The first-order chi connectivity index (χ1) is 13.8. The fraction of sp³-hybridized carbons (Fsp3) is 0.435. The lowest BCUT2D eigenvalue weighted by molar-refractivity contribution is -0.151. The lowest BCUT2D eigenvalue weighted by Gasteiger charge is -2.34. The van der Waals surface area contributed by atoms with E-state index in [0.29, 0.717) is 0 Å². The molecule has 6 heteroatoms. The van der Waals surface area contributed by atoms with Gasteiger partial charge < -0.3 is 9.84 Å². The Labute approximate surface area is 171 Å². The zero-order chi connectivity index (χ0) is 21.3. The maximum atomic E-state index is 12.8. The summed E-state index contributed by atoms with van der Waals surface area (Å²) in [4.78, 5) is 12.8. The third-order valence-corrected chi connectivity index (χ3v) is 5.90. The Kier molecular flexibility index (Phi) is 5.75. The number of aliphatic hydroxyl groups is 1. The van der Waals surface area contributed by atoms with Crippen molar-refractivity contribution < 1.29 is 14.6 Å². The van der Waals surface area contributed by atoms with Gasteiger partial charge in [0.05, 0.1) is 24.6 Å². The van der Waals surface area contributed by atoms with Crippen LogP contribution in [0.4, 0.5) is 0 Å². The molecule has 1 aromatic heterocycles. The van der Waals surface area contributed by atoms with Crippen LogP contribution in [-0.4, -0.2) is 33.2 Å². The molecule has 0 aliphatic carbocycles. The monoisotopic (exact) mass is 395 g/mol. The number of benzene rings is 2. The van der Waals surface area contributed by atoms with E-state index >= 15 is 0 Å². The van der Waals surface area contributed by atoms with Gasteiger partial charge in [0.2, 0.25) is 0 Å². The molecule has 0 aliphatic heterocycles. The lowest BCUT2D eigenvalue weighted by atomic mass is 9.69. The van der Waals surface area contributed by atoms with Crippen molar-refractivity contribution in [1.29, 1.82) is 0 Å². The Bertz CT molecular complexity index is 1050. The van der Waals surface area contributed by atoms with Crippen molar-refractivity contribution in [1.82, 2.24) is 15.0 Å². The number of nitrogens with zero attached hydrogens (tertiary/aromatic N) is 3. The molecular weight excluding hydrogens is 366 g/mol. The van der Waals surface area contributed by atoms with E-state index in [1.807, 2.05) is 63.6 Å². The molecule has 0 fully saturated rings. The molecule has 0 bridgehead atoms. The fourth-order valence-corrected chi connectivity index (χ4v) is 4.14. The summed E-state index contributed by atoms with van der Waals surface area (Å²) < 4.78 is 7.01. The molecule has 0 amide bonds. The van der Waals surface area contributed by atoms with Gasteiger partial charge in [-0.2, -0.15) is 0 Å². The summed E-state index contributed by atoms with van der Waals surface area (Å²) in [6, 6.07) is 10.1. The number of carbonyl (C=O) groups is 1. The second-order valence-corrected chi connectivity index (χ2v) is 8.04. The zero-order valence-corrected chi connectivity index (χ0v) is 18.0. The van der Waals surface area contributed by atoms with Gasteiger partial charge in [-0.25, -0.2) is 4.68 Å². The number of hydrogen-bond acceptors (Lipinski definition) is 5. The lowest BCUT2D eigenvalue weighted by Crippen LogP contribution is -2.34. The predicted octanol–water partition coefficient (Wildman–Crippen LogP) is 3.89. The first-order valence-corrected chi connectivity index (χ1v) is 9.87. The second-order valence-electron chi connectivity index (χ2n) is 8.04. The van der Waals surface area contributed by atoms with Crippen molar-refractivity contribution in [3.63, 3.8) is 0 Å². The van der Waals surface area contributed by atoms with E-state index in [9.17, 15) is 9.90 Å². The number of rotatable bonds is 6. The van der Waals surface area contributed by atoms with Gasteiger partial charge in [0, 0.05) is 12.5 Å². The van der Waals surface area contributed by atoms with E-state index in [4.69, 9.17) is 4.74 Å². The van der Waals surface area contributed by atoms with E-state index < -0.39 is 5.41 Å². The van der Waals surface area contributed by atoms with Crippen LogP contribution in [0.25, 0.3) is 11.0 Å². The van der Waals surface area contributed by atoms with Crippen LogP contribution in [0.3, 0.4) is 0 Å². The number of fused-ring (bicyclic) bond motifs is 1. The summed E-state index contributed by atoms with van der Waals surface area (Å²) in [5, 5.41) is 18.4. The van der Waals surface area contributed by atoms with E-state index in [-0.39, 0.29) is 18.5 Å². The van der Waals surface area contributed by atoms with Crippen molar-refractivity contribution in [3.8, 4) is 0 Å². The van der Waals surface area contributed by atoms with Crippen LogP contribution >= 0.6 is 0 Å². The minimum atomic E-state index is -0.823. The van der Waals surface area contributed by atoms with Gasteiger partial charge in [0.15, 0.2) is 0 Å². The molecular formula is C23H29N3O3. The first kappa shape index (κ1) is 21.0. The van der Waals surface area contributed by atoms with Crippen molar-refractivity contribution in [2.45, 2.75) is 53.7 Å². The molecule has 1 unspecified atom stereocenters. The molecule has 1 atom stereocenters. The van der Waals surface area contributed by atoms with Gasteiger partial charge in [0.1, 0.15) is 5.52 Å². The number of esters is 1. The fourth-order valence-electron chi connectivity index (χ4n) is 4.14. The van der Waals surface area contributed by atoms with Gasteiger partial charge >= 0.3 is 5.97 Å². The average molecular weight is 396 g/mol. The Morgan fingerprint density at radius 3 is 2.59 bits per heavy atom.